The molecule has 0 saturated carbocycles. The molecule has 1 aliphatic heterocycles. The fraction of sp³-hybridized carbons (Fsp3) is 0.500. The molecule has 0 bridgehead atoms. The van der Waals surface area contributed by atoms with Gasteiger partial charge in [0.1, 0.15) is 22.2 Å². The summed E-state index contributed by atoms with van der Waals surface area (Å²) in [5, 5.41) is 9.30. The maximum atomic E-state index is 11.4. The third-order valence-corrected chi connectivity index (χ3v) is 5.37. The Morgan fingerprint density at radius 2 is 1.85 bits per heavy atom. The van der Waals surface area contributed by atoms with Crippen LogP contribution < -0.4 is 4.74 Å². The van der Waals surface area contributed by atoms with E-state index in [9.17, 15) is 18.3 Å². The Bertz CT molecular complexity index is 538. The second kappa shape index (κ2) is 6.26. The van der Waals surface area contributed by atoms with Gasteiger partial charge >= 0.3 is 5.97 Å². The molecule has 1 N–H and O–H groups in total. The van der Waals surface area contributed by atoms with E-state index in [-0.39, 0.29) is 24.0 Å². The van der Waals surface area contributed by atoms with E-state index in [1.165, 1.54) is 0 Å². The van der Waals surface area contributed by atoms with Gasteiger partial charge in [0.25, 0.3) is 0 Å². The van der Waals surface area contributed by atoms with Crippen molar-refractivity contribution in [2.45, 2.75) is 12.8 Å². The number of rotatable bonds is 5. The van der Waals surface area contributed by atoms with Gasteiger partial charge in [0.2, 0.25) is 0 Å². The molecule has 1 aliphatic rings. The lowest BCUT2D eigenvalue weighted by Gasteiger charge is -2.27. The molecule has 110 valence electrons. The number of carboxylic acid groups (broad SMARTS) is 1. The fourth-order valence-electron chi connectivity index (χ4n) is 2.42. The Hall–Kier alpha value is -1.56. The maximum Gasteiger partial charge on any atom is 0.310 e. The lowest BCUT2D eigenvalue weighted by atomic mass is 9.88. The van der Waals surface area contributed by atoms with Crippen LogP contribution >= 0.6 is 0 Å². The first-order chi connectivity index (χ1) is 9.48. The molecule has 0 spiro atoms. The van der Waals surface area contributed by atoms with Crippen LogP contribution in [0.2, 0.25) is 0 Å². The summed E-state index contributed by atoms with van der Waals surface area (Å²) >= 11 is 0. The van der Waals surface area contributed by atoms with Gasteiger partial charge < -0.3 is 9.84 Å². The quantitative estimate of drug-likeness (QED) is 0.893. The molecule has 1 fully saturated rings. The summed E-state index contributed by atoms with van der Waals surface area (Å²) in [5.41, 5.74) is 0. The van der Waals surface area contributed by atoms with Gasteiger partial charge in [-0.25, -0.2) is 8.42 Å². The molecule has 0 aromatic heterocycles. The number of benzene rings is 1. The summed E-state index contributed by atoms with van der Waals surface area (Å²) in [7, 11) is -2.98. The molecule has 1 aromatic carbocycles. The van der Waals surface area contributed by atoms with Gasteiger partial charge in [0.15, 0.2) is 0 Å². The zero-order valence-electron chi connectivity index (χ0n) is 11.1. The van der Waals surface area contributed by atoms with Crippen molar-refractivity contribution in [2.24, 2.45) is 11.8 Å². The van der Waals surface area contributed by atoms with Crippen molar-refractivity contribution < 1.29 is 23.1 Å². The average Bonchev–Trinajstić information content (AvgIpc) is 2.41. The standard InChI is InChI=1S/C14H18O5S/c15-14(16)13(10-19-12-4-2-1-3-5-12)11-6-8-20(17,18)9-7-11/h1-5,11,13H,6-10H2,(H,15,16). The Labute approximate surface area is 118 Å². The lowest BCUT2D eigenvalue weighted by Crippen LogP contribution is -2.35. The number of sulfone groups is 1. The van der Waals surface area contributed by atoms with Crippen LogP contribution in [0.1, 0.15) is 12.8 Å². The largest absolute Gasteiger partial charge is 0.493 e. The van der Waals surface area contributed by atoms with Crippen LogP contribution in [0, 0.1) is 11.8 Å². The first-order valence-corrected chi connectivity index (χ1v) is 8.41. The molecule has 5 nitrogen and oxygen atoms in total. The van der Waals surface area contributed by atoms with Gasteiger partial charge in [-0.05, 0) is 30.9 Å². The average molecular weight is 298 g/mol. The summed E-state index contributed by atoms with van der Waals surface area (Å²) in [5.74, 6) is -0.947. The number of aliphatic carboxylic acids is 1. The van der Waals surface area contributed by atoms with Gasteiger partial charge in [0.05, 0.1) is 17.4 Å². The van der Waals surface area contributed by atoms with Crippen LogP contribution in [0.25, 0.3) is 0 Å². The van der Waals surface area contributed by atoms with Gasteiger partial charge in [-0.15, -0.1) is 0 Å². The molecule has 1 atom stereocenters. The Balaban J connectivity index is 1.96. The molecular weight excluding hydrogens is 280 g/mol. The van der Waals surface area contributed by atoms with Gasteiger partial charge in [-0.3, -0.25) is 4.79 Å². The van der Waals surface area contributed by atoms with Crippen LogP contribution in [0.4, 0.5) is 0 Å². The lowest BCUT2D eigenvalue weighted by molar-refractivity contribution is -0.145. The Morgan fingerprint density at radius 1 is 1.25 bits per heavy atom. The highest BCUT2D eigenvalue weighted by molar-refractivity contribution is 7.91. The molecule has 1 aromatic rings. The molecule has 1 saturated heterocycles. The zero-order chi connectivity index (χ0) is 14.6. The van der Waals surface area contributed by atoms with Gasteiger partial charge in [0, 0.05) is 0 Å². The number of ether oxygens (including phenoxy) is 1. The molecule has 0 radical (unpaired) electrons. The van der Waals surface area contributed by atoms with E-state index in [0.717, 1.165) is 0 Å². The smallest absolute Gasteiger partial charge is 0.310 e. The van der Waals surface area contributed by atoms with E-state index >= 15 is 0 Å². The minimum absolute atomic E-state index is 0.0735. The Morgan fingerprint density at radius 3 is 2.40 bits per heavy atom. The van der Waals surface area contributed by atoms with Crippen molar-refractivity contribution >= 4 is 15.8 Å². The molecule has 0 amide bonds. The highest BCUT2D eigenvalue weighted by Crippen LogP contribution is 2.27. The predicted molar refractivity (Wildman–Crippen MR) is 74.4 cm³/mol. The number of hydrogen-bond donors (Lipinski definition) is 1. The normalized spacial score (nSPS) is 20.2. The first kappa shape index (κ1) is 14.8. The number of hydrogen-bond acceptors (Lipinski definition) is 4. The minimum atomic E-state index is -2.98. The zero-order valence-corrected chi connectivity index (χ0v) is 11.9. The van der Waals surface area contributed by atoms with Crippen LogP contribution in [-0.4, -0.2) is 37.6 Å². The monoisotopic (exact) mass is 298 g/mol. The van der Waals surface area contributed by atoms with E-state index in [1.807, 2.05) is 18.2 Å². The van der Waals surface area contributed by atoms with E-state index in [2.05, 4.69) is 0 Å². The van der Waals surface area contributed by atoms with Crippen molar-refractivity contribution in [3.63, 3.8) is 0 Å². The Kier molecular flexibility index (Phi) is 4.65. The molecule has 6 heteroatoms. The summed E-state index contributed by atoms with van der Waals surface area (Å²) in [6.45, 7) is 0.0735. The third-order valence-electron chi connectivity index (χ3n) is 3.66. The molecule has 0 aliphatic carbocycles. The first-order valence-electron chi connectivity index (χ1n) is 6.59. The summed E-state index contributed by atoms with van der Waals surface area (Å²) in [6, 6.07) is 9.03. The molecule has 2 rings (SSSR count). The minimum Gasteiger partial charge on any atom is -0.493 e. The molecule has 1 heterocycles. The summed E-state index contributed by atoms with van der Waals surface area (Å²) in [6.07, 6.45) is 0.800. The number of carboxylic acids is 1. The van der Waals surface area contributed by atoms with E-state index in [0.29, 0.717) is 18.6 Å². The molecule has 20 heavy (non-hydrogen) atoms. The van der Waals surface area contributed by atoms with Crippen molar-refractivity contribution in [2.75, 3.05) is 18.1 Å². The van der Waals surface area contributed by atoms with E-state index in [4.69, 9.17) is 4.74 Å². The van der Waals surface area contributed by atoms with Crippen LogP contribution in [0.15, 0.2) is 30.3 Å². The number of para-hydroxylation sites is 1. The topological polar surface area (TPSA) is 80.7 Å². The predicted octanol–water partition coefficient (Wildman–Crippen LogP) is 1.59. The van der Waals surface area contributed by atoms with Crippen molar-refractivity contribution in [1.82, 2.24) is 0 Å². The van der Waals surface area contributed by atoms with E-state index in [1.54, 1.807) is 12.1 Å². The van der Waals surface area contributed by atoms with Crippen molar-refractivity contribution in [3.05, 3.63) is 30.3 Å². The van der Waals surface area contributed by atoms with Gasteiger partial charge in [-0.2, -0.15) is 0 Å². The van der Waals surface area contributed by atoms with Crippen molar-refractivity contribution in [3.8, 4) is 5.75 Å². The van der Waals surface area contributed by atoms with Crippen molar-refractivity contribution in [1.29, 1.82) is 0 Å². The van der Waals surface area contributed by atoms with E-state index < -0.39 is 21.7 Å². The maximum absolute atomic E-state index is 11.4. The number of carbonyl (C=O) groups is 1. The summed E-state index contributed by atoms with van der Waals surface area (Å²) < 4.78 is 28.3. The van der Waals surface area contributed by atoms with Crippen LogP contribution in [0.5, 0.6) is 5.75 Å². The fourth-order valence-corrected chi connectivity index (χ4v) is 3.95. The van der Waals surface area contributed by atoms with Gasteiger partial charge in [-0.1, -0.05) is 18.2 Å². The van der Waals surface area contributed by atoms with Crippen LogP contribution in [0.3, 0.4) is 0 Å². The highest BCUT2D eigenvalue weighted by atomic mass is 32.2. The third kappa shape index (κ3) is 3.96. The molecule has 1 unspecified atom stereocenters. The molecular formula is C14H18O5S. The highest BCUT2D eigenvalue weighted by Gasteiger charge is 2.34. The SMILES string of the molecule is O=C(O)C(COc1ccccc1)C1CCS(=O)(=O)CC1. The summed E-state index contributed by atoms with van der Waals surface area (Å²) in [4.78, 5) is 11.4. The van der Waals surface area contributed by atoms with Crippen LogP contribution in [-0.2, 0) is 14.6 Å². The second-order valence-corrected chi connectivity index (χ2v) is 7.36. The second-order valence-electron chi connectivity index (χ2n) is 5.06.